The average Bonchev–Trinajstić information content (AvgIpc) is 2.50. The molecule has 0 saturated heterocycles. The molecule has 1 saturated carbocycles. The second-order valence-electron chi connectivity index (χ2n) is 5.52. The van der Waals surface area contributed by atoms with Crippen LogP contribution in [0, 0.1) is 12.7 Å². The molecule has 0 aliphatic heterocycles. The number of carbonyl (C=O) groups is 1. The second-order valence-corrected chi connectivity index (χ2v) is 5.52. The number of amides is 1. The topological polar surface area (TPSA) is 87.7 Å². The number of carbonyl (C=O) groups excluding carboxylic acids is 1. The van der Waals surface area contributed by atoms with Crippen LogP contribution in [0.4, 0.5) is 4.39 Å². The van der Waals surface area contributed by atoms with E-state index in [0.29, 0.717) is 18.4 Å². The molecule has 0 unspecified atom stereocenters. The number of aryl methyl sites for hydroxylation is 1. The summed E-state index contributed by atoms with van der Waals surface area (Å²) in [6.07, 6.45) is 3.94. The molecule has 2 rings (SSSR count). The van der Waals surface area contributed by atoms with Crippen molar-refractivity contribution in [3.05, 3.63) is 35.1 Å². The van der Waals surface area contributed by atoms with Crippen molar-refractivity contribution in [2.75, 3.05) is 0 Å². The summed E-state index contributed by atoms with van der Waals surface area (Å²) in [7, 11) is 0. The molecule has 4 N–H and O–H groups in total. The Morgan fingerprint density at radius 3 is 2.67 bits per heavy atom. The van der Waals surface area contributed by atoms with Gasteiger partial charge in [0.2, 0.25) is 0 Å². The molecule has 0 aromatic heterocycles. The van der Waals surface area contributed by atoms with Crippen molar-refractivity contribution < 1.29 is 14.4 Å². The zero-order chi connectivity index (χ0) is 15.5. The number of nitrogens with one attached hydrogen (secondary N) is 1. The van der Waals surface area contributed by atoms with Gasteiger partial charge in [-0.1, -0.05) is 36.6 Å². The maximum Gasteiger partial charge on any atom is 0.255 e. The van der Waals surface area contributed by atoms with Gasteiger partial charge >= 0.3 is 0 Å². The fourth-order valence-corrected chi connectivity index (χ4v) is 2.80. The smallest absolute Gasteiger partial charge is 0.255 e. The number of nitrogens with two attached hydrogens (primary N) is 1. The number of amidine groups is 1. The summed E-state index contributed by atoms with van der Waals surface area (Å²) >= 11 is 0. The predicted molar refractivity (Wildman–Crippen MR) is 77.8 cm³/mol. The summed E-state index contributed by atoms with van der Waals surface area (Å²) in [6, 6.07) is 4.66. The standard InChI is InChI=1S/C15H20FN3O2/c1-10-6-5-7-11(12(10)16)13(20)18-15(14(17)19-21)8-3-2-4-9-15/h5-7,21H,2-4,8-9H2,1H3,(H2,17,19)(H,18,20). The molecular formula is C15H20FN3O2. The van der Waals surface area contributed by atoms with E-state index in [0.717, 1.165) is 19.3 Å². The van der Waals surface area contributed by atoms with Crippen LogP contribution in [0.5, 0.6) is 0 Å². The van der Waals surface area contributed by atoms with Gasteiger partial charge in [-0.05, 0) is 31.4 Å². The molecule has 21 heavy (non-hydrogen) atoms. The summed E-state index contributed by atoms with van der Waals surface area (Å²) in [6.45, 7) is 1.60. The molecule has 1 amide bonds. The van der Waals surface area contributed by atoms with Gasteiger partial charge in [0.1, 0.15) is 11.4 Å². The number of nitrogens with zero attached hydrogens (tertiary/aromatic N) is 1. The van der Waals surface area contributed by atoms with Gasteiger partial charge in [-0.15, -0.1) is 0 Å². The molecule has 1 aliphatic rings. The van der Waals surface area contributed by atoms with Crippen molar-refractivity contribution in [1.29, 1.82) is 0 Å². The summed E-state index contributed by atoms with van der Waals surface area (Å²) in [4.78, 5) is 12.4. The highest BCUT2D eigenvalue weighted by molar-refractivity contribution is 6.00. The second kappa shape index (κ2) is 6.11. The van der Waals surface area contributed by atoms with E-state index < -0.39 is 17.3 Å². The highest BCUT2D eigenvalue weighted by Gasteiger charge is 2.38. The highest BCUT2D eigenvalue weighted by atomic mass is 19.1. The number of hydrogen-bond acceptors (Lipinski definition) is 3. The minimum Gasteiger partial charge on any atom is -0.409 e. The van der Waals surface area contributed by atoms with E-state index in [1.165, 1.54) is 6.07 Å². The largest absolute Gasteiger partial charge is 0.409 e. The van der Waals surface area contributed by atoms with E-state index in [2.05, 4.69) is 10.5 Å². The lowest BCUT2D eigenvalue weighted by Gasteiger charge is -2.36. The van der Waals surface area contributed by atoms with E-state index in [1.54, 1.807) is 19.1 Å². The number of benzene rings is 1. The molecule has 0 bridgehead atoms. The van der Waals surface area contributed by atoms with Gasteiger partial charge in [-0.25, -0.2) is 4.39 Å². The van der Waals surface area contributed by atoms with Gasteiger partial charge in [-0.3, -0.25) is 4.79 Å². The van der Waals surface area contributed by atoms with E-state index in [4.69, 9.17) is 10.9 Å². The summed E-state index contributed by atoms with van der Waals surface area (Å²) in [5.41, 5.74) is 5.26. The van der Waals surface area contributed by atoms with E-state index in [-0.39, 0.29) is 11.4 Å². The van der Waals surface area contributed by atoms with Crippen molar-refractivity contribution in [3.63, 3.8) is 0 Å². The Morgan fingerprint density at radius 2 is 2.05 bits per heavy atom. The molecule has 1 fully saturated rings. The third kappa shape index (κ3) is 2.99. The van der Waals surface area contributed by atoms with Gasteiger partial charge < -0.3 is 16.3 Å². The van der Waals surface area contributed by atoms with Crippen molar-refractivity contribution in [2.45, 2.75) is 44.6 Å². The maximum atomic E-state index is 14.0. The Hall–Kier alpha value is -2.11. The van der Waals surface area contributed by atoms with Crippen molar-refractivity contribution in [2.24, 2.45) is 10.9 Å². The summed E-state index contributed by atoms with van der Waals surface area (Å²) < 4.78 is 14.0. The van der Waals surface area contributed by atoms with Gasteiger partial charge in [-0.2, -0.15) is 0 Å². The van der Waals surface area contributed by atoms with Crippen LogP contribution in [-0.2, 0) is 0 Å². The number of oxime groups is 1. The van der Waals surface area contributed by atoms with Crippen LogP contribution in [0.1, 0.15) is 48.0 Å². The van der Waals surface area contributed by atoms with Crippen molar-refractivity contribution in [1.82, 2.24) is 5.32 Å². The number of hydrogen-bond donors (Lipinski definition) is 3. The van der Waals surface area contributed by atoms with Crippen LogP contribution in [0.2, 0.25) is 0 Å². The Bertz CT molecular complexity index is 566. The van der Waals surface area contributed by atoms with E-state index in [9.17, 15) is 9.18 Å². The first kappa shape index (κ1) is 15.3. The predicted octanol–water partition coefficient (Wildman–Crippen LogP) is 2.31. The zero-order valence-corrected chi connectivity index (χ0v) is 12.0. The number of halogens is 1. The Morgan fingerprint density at radius 1 is 1.38 bits per heavy atom. The minimum absolute atomic E-state index is 0.0225. The van der Waals surface area contributed by atoms with Crippen LogP contribution in [0.3, 0.4) is 0 Å². The van der Waals surface area contributed by atoms with E-state index in [1.807, 2.05) is 0 Å². The minimum atomic E-state index is -0.889. The summed E-state index contributed by atoms with van der Waals surface area (Å²) in [5.74, 6) is -1.10. The highest BCUT2D eigenvalue weighted by Crippen LogP contribution is 2.29. The lowest BCUT2D eigenvalue weighted by atomic mass is 9.80. The van der Waals surface area contributed by atoms with E-state index >= 15 is 0 Å². The third-order valence-corrected chi connectivity index (χ3v) is 4.09. The molecule has 0 atom stereocenters. The molecule has 0 spiro atoms. The van der Waals surface area contributed by atoms with Gasteiger partial charge in [0.15, 0.2) is 5.84 Å². The molecule has 5 nitrogen and oxygen atoms in total. The lowest BCUT2D eigenvalue weighted by molar-refractivity contribution is 0.0901. The molecule has 1 aliphatic carbocycles. The molecular weight excluding hydrogens is 273 g/mol. The first-order valence-electron chi connectivity index (χ1n) is 7.06. The molecule has 1 aromatic carbocycles. The van der Waals surface area contributed by atoms with Crippen molar-refractivity contribution >= 4 is 11.7 Å². The SMILES string of the molecule is Cc1cccc(C(=O)NC2(/C(N)=N/O)CCCCC2)c1F. The van der Waals surface area contributed by atoms with Crippen LogP contribution in [-0.4, -0.2) is 22.5 Å². The maximum absolute atomic E-state index is 14.0. The molecule has 1 aromatic rings. The summed E-state index contributed by atoms with van der Waals surface area (Å²) in [5, 5.41) is 14.8. The van der Waals surface area contributed by atoms with Gasteiger partial charge in [0.25, 0.3) is 5.91 Å². The van der Waals surface area contributed by atoms with Crippen LogP contribution >= 0.6 is 0 Å². The average molecular weight is 293 g/mol. The van der Waals surface area contributed by atoms with Crippen LogP contribution in [0.15, 0.2) is 23.4 Å². The van der Waals surface area contributed by atoms with Crippen LogP contribution < -0.4 is 11.1 Å². The molecule has 0 heterocycles. The fourth-order valence-electron chi connectivity index (χ4n) is 2.80. The Balaban J connectivity index is 2.28. The quantitative estimate of drug-likeness (QED) is 0.346. The Kier molecular flexibility index (Phi) is 4.45. The monoisotopic (exact) mass is 293 g/mol. The normalized spacial score (nSPS) is 18.3. The third-order valence-electron chi connectivity index (χ3n) is 4.09. The molecule has 114 valence electrons. The molecule has 6 heteroatoms. The first-order chi connectivity index (χ1) is 10.00. The lowest BCUT2D eigenvalue weighted by Crippen LogP contribution is -2.58. The Labute approximate surface area is 123 Å². The van der Waals surface area contributed by atoms with Crippen LogP contribution in [0.25, 0.3) is 0 Å². The van der Waals surface area contributed by atoms with Gasteiger partial charge in [0, 0.05) is 0 Å². The van der Waals surface area contributed by atoms with Gasteiger partial charge in [0.05, 0.1) is 5.56 Å². The molecule has 0 radical (unpaired) electrons. The number of rotatable bonds is 3. The van der Waals surface area contributed by atoms with Crippen molar-refractivity contribution in [3.8, 4) is 0 Å². The zero-order valence-electron chi connectivity index (χ0n) is 12.0. The first-order valence-corrected chi connectivity index (χ1v) is 7.06. The fraction of sp³-hybridized carbons (Fsp3) is 0.467.